The topological polar surface area (TPSA) is 86.2 Å². The predicted molar refractivity (Wildman–Crippen MR) is 149 cm³/mol. The van der Waals surface area contributed by atoms with Gasteiger partial charge in [-0.25, -0.2) is 4.98 Å². The Bertz CT molecular complexity index is 1260. The van der Waals surface area contributed by atoms with Gasteiger partial charge in [-0.3, -0.25) is 9.59 Å². The number of benzene rings is 1. The summed E-state index contributed by atoms with van der Waals surface area (Å²) < 4.78 is 47.3. The molecule has 0 unspecified atom stereocenters. The minimum absolute atomic E-state index is 0.116. The van der Waals surface area contributed by atoms with Crippen LogP contribution in [-0.2, 0) is 10.4 Å². The van der Waals surface area contributed by atoms with Crippen LogP contribution in [0, 0.1) is 11.8 Å². The molecule has 0 bridgehead atoms. The van der Waals surface area contributed by atoms with E-state index >= 15 is 0 Å². The number of nitrogens with zero attached hydrogens (tertiary/aromatic N) is 4. The van der Waals surface area contributed by atoms with Gasteiger partial charge in [-0.2, -0.15) is 13.2 Å². The third-order valence-corrected chi connectivity index (χ3v) is 8.65. The van der Waals surface area contributed by atoms with E-state index < -0.39 is 23.2 Å². The molecule has 2 aromatic rings. The van der Waals surface area contributed by atoms with Crippen molar-refractivity contribution in [1.82, 2.24) is 14.8 Å². The lowest BCUT2D eigenvalue weighted by Gasteiger charge is -2.45. The molecule has 2 fully saturated rings. The highest BCUT2D eigenvalue weighted by Crippen LogP contribution is 2.44. The highest BCUT2D eigenvalue weighted by molar-refractivity contribution is 6.32. The number of anilines is 1. The van der Waals surface area contributed by atoms with Crippen molar-refractivity contribution in [3.63, 3.8) is 0 Å². The molecule has 1 aromatic heterocycles. The SMILES string of the molecule is COc1cccc([C@@](O)(C(=O)N(C)C2CC(CC3CCN(c4ccc(C(=O)N(C)C)c(Cl)n4)CC3)C2)C(F)(F)F)c1. The number of alkyl halides is 3. The Hall–Kier alpha value is -3.05. The number of aliphatic hydroxyl groups is 1. The van der Waals surface area contributed by atoms with E-state index in [4.69, 9.17) is 16.3 Å². The van der Waals surface area contributed by atoms with Gasteiger partial charge in [0.25, 0.3) is 17.4 Å². The van der Waals surface area contributed by atoms with Crippen LogP contribution in [0.25, 0.3) is 0 Å². The first-order valence-corrected chi connectivity index (χ1v) is 14.0. The van der Waals surface area contributed by atoms with Gasteiger partial charge in [-0.1, -0.05) is 23.7 Å². The number of ether oxygens (including phenoxy) is 1. The zero-order valence-corrected chi connectivity index (χ0v) is 24.4. The number of hydrogen-bond acceptors (Lipinski definition) is 6. The summed E-state index contributed by atoms with van der Waals surface area (Å²) in [7, 11) is 5.94. The molecule has 1 saturated heterocycles. The van der Waals surface area contributed by atoms with E-state index in [-0.39, 0.29) is 22.9 Å². The number of likely N-dealkylation sites (N-methyl/N-ethyl adjacent to an activating group) is 1. The smallest absolute Gasteiger partial charge is 0.430 e. The summed E-state index contributed by atoms with van der Waals surface area (Å²) in [6.07, 6.45) is -1.24. The number of amides is 2. The van der Waals surface area contributed by atoms with Crippen LogP contribution in [0.15, 0.2) is 36.4 Å². The summed E-state index contributed by atoms with van der Waals surface area (Å²) in [4.78, 5) is 34.4. The van der Waals surface area contributed by atoms with Crippen molar-refractivity contribution in [1.29, 1.82) is 0 Å². The molecule has 2 heterocycles. The number of piperidine rings is 1. The Labute approximate surface area is 243 Å². The number of hydrogen-bond donors (Lipinski definition) is 1. The second-order valence-corrected chi connectivity index (χ2v) is 11.6. The zero-order chi connectivity index (χ0) is 30.1. The number of pyridine rings is 1. The van der Waals surface area contributed by atoms with Crippen LogP contribution < -0.4 is 9.64 Å². The van der Waals surface area contributed by atoms with Gasteiger partial charge < -0.3 is 24.5 Å². The number of carbonyl (C=O) groups is 2. The zero-order valence-electron chi connectivity index (χ0n) is 23.6. The molecule has 0 radical (unpaired) electrons. The van der Waals surface area contributed by atoms with Crippen molar-refractivity contribution < 1.29 is 32.6 Å². The van der Waals surface area contributed by atoms with Crippen molar-refractivity contribution in [3.05, 3.63) is 52.7 Å². The maximum atomic E-state index is 14.1. The number of halogens is 4. The first-order chi connectivity index (χ1) is 19.3. The Morgan fingerprint density at radius 2 is 1.76 bits per heavy atom. The van der Waals surface area contributed by atoms with Gasteiger partial charge in [0, 0.05) is 45.8 Å². The highest BCUT2D eigenvalue weighted by Gasteiger charge is 2.62. The molecule has 1 aromatic carbocycles. The summed E-state index contributed by atoms with van der Waals surface area (Å²) >= 11 is 6.28. The second-order valence-electron chi connectivity index (χ2n) is 11.2. The van der Waals surface area contributed by atoms with Gasteiger partial charge in [0.1, 0.15) is 16.7 Å². The van der Waals surface area contributed by atoms with Gasteiger partial charge in [0.2, 0.25) is 0 Å². The Kier molecular flexibility index (Phi) is 9.08. The number of methoxy groups -OCH3 is 1. The lowest BCUT2D eigenvalue weighted by Crippen LogP contribution is -2.58. The van der Waals surface area contributed by atoms with Crippen LogP contribution in [-0.4, -0.2) is 85.3 Å². The lowest BCUT2D eigenvalue weighted by molar-refractivity contribution is -0.262. The molecule has 4 rings (SSSR count). The fourth-order valence-corrected chi connectivity index (χ4v) is 5.99. The van der Waals surface area contributed by atoms with E-state index in [9.17, 15) is 27.9 Å². The summed E-state index contributed by atoms with van der Waals surface area (Å²) in [6.45, 7) is 1.56. The van der Waals surface area contributed by atoms with E-state index in [1.165, 1.54) is 31.2 Å². The maximum Gasteiger partial charge on any atom is 0.430 e. The molecule has 224 valence electrons. The molecule has 1 aliphatic carbocycles. The van der Waals surface area contributed by atoms with Crippen molar-refractivity contribution in [3.8, 4) is 5.75 Å². The van der Waals surface area contributed by atoms with Gasteiger partial charge in [0.05, 0.1) is 12.7 Å². The van der Waals surface area contributed by atoms with E-state index in [2.05, 4.69) is 9.88 Å². The Balaban J connectivity index is 1.30. The average Bonchev–Trinajstić information content (AvgIpc) is 2.92. The minimum Gasteiger partial charge on any atom is -0.497 e. The maximum absolute atomic E-state index is 14.1. The summed E-state index contributed by atoms with van der Waals surface area (Å²) in [6, 6.07) is 8.01. The average molecular weight is 597 g/mol. The predicted octanol–water partition coefficient (Wildman–Crippen LogP) is 4.74. The van der Waals surface area contributed by atoms with E-state index in [1.807, 2.05) is 0 Å². The number of aromatic nitrogens is 1. The van der Waals surface area contributed by atoms with Crippen LogP contribution in [0.5, 0.6) is 5.75 Å². The van der Waals surface area contributed by atoms with Gasteiger partial charge in [-0.05, 0) is 68.2 Å². The fourth-order valence-electron chi connectivity index (χ4n) is 5.76. The van der Waals surface area contributed by atoms with Gasteiger partial charge in [-0.15, -0.1) is 0 Å². The lowest BCUT2D eigenvalue weighted by atomic mass is 9.72. The number of carbonyl (C=O) groups excluding carboxylic acids is 2. The molecule has 12 heteroatoms. The normalized spacial score (nSPS) is 21.0. The van der Waals surface area contributed by atoms with Crippen molar-refractivity contribution in [2.75, 3.05) is 46.2 Å². The quantitative estimate of drug-likeness (QED) is 0.443. The summed E-state index contributed by atoms with van der Waals surface area (Å²) in [5.41, 5.74) is -3.88. The van der Waals surface area contributed by atoms with Crippen LogP contribution in [0.3, 0.4) is 0 Å². The molecule has 1 saturated carbocycles. The van der Waals surface area contributed by atoms with E-state index in [0.717, 1.165) is 55.2 Å². The summed E-state index contributed by atoms with van der Waals surface area (Å²) in [5, 5.41) is 10.9. The Morgan fingerprint density at radius 3 is 2.32 bits per heavy atom. The fraction of sp³-hybridized carbons (Fsp3) is 0.552. The van der Waals surface area contributed by atoms with Crippen LogP contribution >= 0.6 is 11.6 Å². The van der Waals surface area contributed by atoms with Gasteiger partial charge >= 0.3 is 6.18 Å². The third kappa shape index (κ3) is 6.25. The molecular formula is C29H36ClF3N4O4. The van der Waals surface area contributed by atoms with E-state index in [1.54, 1.807) is 26.2 Å². The molecule has 1 atom stereocenters. The molecule has 41 heavy (non-hydrogen) atoms. The molecule has 1 N–H and O–H groups in total. The third-order valence-electron chi connectivity index (χ3n) is 8.36. The molecule has 0 spiro atoms. The molecule has 8 nitrogen and oxygen atoms in total. The monoisotopic (exact) mass is 596 g/mol. The van der Waals surface area contributed by atoms with Crippen LogP contribution in [0.2, 0.25) is 5.15 Å². The second kappa shape index (κ2) is 12.1. The van der Waals surface area contributed by atoms with Crippen molar-refractivity contribution >= 4 is 29.2 Å². The largest absolute Gasteiger partial charge is 0.497 e. The molecule has 2 aliphatic rings. The number of rotatable bonds is 8. The first-order valence-electron chi connectivity index (χ1n) is 13.6. The molecule has 1 aliphatic heterocycles. The summed E-state index contributed by atoms with van der Waals surface area (Å²) in [5.74, 6) is -0.00749. The molecular weight excluding hydrogens is 561 g/mol. The Morgan fingerprint density at radius 1 is 1.10 bits per heavy atom. The standard InChI is InChI=1S/C29H36ClF3N4O4/c1-35(2)26(38)23-8-9-24(34-25(23)30)37-12-10-18(11-13-37)14-19-15-21(16-19)36(3)27(39)28(40,29(31,32)33)20-6-5-7-22(17-20)41-4/h5-9,17-19,21,40H,10-16H2,1-4H3/t19?,21?,28-/m1/s1. The highest BCUT2D eigenvalue weighted by atomic mass is 35.5. The van der Waals surface area contributed by atoms with Gasteiger partial charge in [0.15, 0.2) is 0 Å². The van der Waals surface area contributed by atoms with Crippen LogP contribution in [0.1, 0.15) is 48.0 Å². The van der Waals surface area contributed by atoms with Crippen LogP contribution in [0.4, 0.5) is 19.0 Å². The first kappa shape index (κ1) is 30.9. The minimum atomic E-state index is -5.21. The van der Waals surface area contributed by atoms with Crippen molar-refractivity contribution in [2.45, 2.75) is 49.9 Å². The van der Waals surface area contributed by atoms with E-state index in [0.29, 0.717) is 30.2 Å². The molecule has 2 amide bonds. The van der Waals surface area contributed by atoms with Crippen molar-refractivity contribution in [2.24, 2.45) is 11.8 Å².